The molecule has 3 rings (SSSR count). The van der Waals surface area contributed by atoms with Crippen molar-refractivity contribution in [1.82, 2.24) is 29.9 Å². The smallest absolute Gasteiger partial charge is 0.123 e. The van der Waals surface area contributed by atoms with Crippen LogP contribution in [0.15, 0.2) is 18.6 Å². The highest BCUT2D eigenvalue weighted by atomic mass is 16.3. The van der Waals surface area contributed by atoms with E-state index in [1.807, 2.05) is 12.4 Å². The highest BCUT2D eigenvalue weighted by Crippen LogP contribution is 2.30. The van der Waals surface area contributed by atoms with Crippen LogP contribution in [-0.4, -0.2) is 48.1 Å². The molecule has 0 radical (unpaired) electrons. The molecule has 0 saturated carbocycles. The first-order chi connectivity index (χ1) is 10.1. The van der Waals surface area contributed by atoms with Crippen molar-refractivity contribution in [3.05, 3.63) is 30.1 Å². The lowest BCUT2D eigenvalue weighted by Gasteiger charge is -2.37. The third-order valence-corrected chi connectivity index (χ3v) is 4.11. The summed E-state index contributed by atoms with van der Waals surface area (Å²) < 4.78 is 2.17. The van der Waals surface area contributed by atoms with Crippen molar-refractivity contribution < 1.29 is 5.11 Å². The van der Waals surface area contributed by atoms with E-state index in [1.165, 1.54) is 0 Å². The van der Waals surface area contributed by atoms with Gasteiger partial charge in [-0.05, 0) is 33.2 Å². The summed E-state index contributed by atoms with van der Waals surface area (Å²) in [5, 5.41) is 21.3. The molecule has 114 valence electrons. The summed E-state index contributed by atoms with van der Waals surface area (Å²) in [6.45, 7) is 6.56. The van der Waals surface area contributed by atoms with Gasteiger partial charge in [0, 0.05) is 25.0 Å². The molecule has 1 unspecified atom stereocenters. The largest absolute Gasteiger partial charge is 0.382 e. The number of β-amino-alcohol motifs (C(OH)–C–C–N with tert-alkyl or cyclic N) is 1. The Morgan fingerprint density at radius 3 is 3.05 bits per heavy atom. The Bertz CT molecular complexity index is 578. The van der Waals surface area contributed by atoms with Gasteiger partial charge in [0.25, 0.3) is 0 Å². The van der Waals surface area contributed by atoms with Crippen LogP contribution in [0.4, 0.5) is 0 Å². The molecular formula is C14H22N6O. The molecule has 1 saturated heterocycles. The fraction of sp³-hybridized carbons (Fsp3) is 0.643. The number of imidazole rings is 1. The van der Waals surface area contributed by atoms with Gasteiger partial charge in [0.2, 0.25) is 0 Å². The number of H-pyrrole nitrogens is 1. The molecule has 7 heteroatoms. The predicted molar refractivity (Wildman–Crippen MR) is 77.4 cm³/mol. The molecule has 0 amide bonds. The Balaban J connectivity index is 1.73. The summed E-state index contributed by atoms with van der Waals surface area (Å²) in [5.41, 5.74) is -0.292. The van der Waals surface area contributed by atoms with Gasteiger partial charge < -0.3 is 9.67 Å². The van der Waals surface area contributed by atoms with Gasteiger partial charge in [-0.3, -0.25) is 4.90 Å². The van der Waals surface area contributed by atoms with Crippen LogP contribution in [0.1, 0.15) is 44.2 Å². The highest BCUT2D eigenvalue weighted by Gasteiger charge is 2.37. The van der Waals surface area contributed by atoms with E-state index in [4.69, 9.17) is 0 Å². The van der Waals surface area contributed by atoms with Crippen LogP contribution in [0, 0.1) is 0 Å². The molecule has 2 aromatic rings. The second-order valence-corrected chi connectivity index (χ2v) is 6.05. The van der Waals surface area contributed by atoms with Crippen LogP contribution < -0.4 is 0 Å². The summed E-state index contributed by atoms with van der Waals surface area (Å²) >= 11 is 0. The zero-order valence-electron chi connectivity index (χ0n) is 12.5. The first-order valence-electron chi connectivity index (χ1n) is 7.41. The molecule has 1 atom stereocenters. The normalized spacial score (nSPS) is 23.8. The Kier molecular flexibility index (Phi) is 3.77. The van der Waals surface area contributed by atoms with Crippen molar-refractivity contribution in [2.75, 3.05) is 13.1 Å². The number of rotatable bonds is 4. The fourth-order valence-electron chi connectivity index (χ4n) is 3.03. The van der Waals surface area contributed by atoms with Crippen molar-refractivity contribution >= 4 is 0 Å². The molecule has 2 N–H and O–H groups in total. The molecule has 3 heterocycles. The van der Waals surface area contributed by atoms with Crippen molar-refractivity contribution in [3.63, 3.8) is 0 Å². The van der Waals surface area contributed by atoms with E-state index in [0.717, 1.165) is 25.3 Å². The van der Waals surface area contributed by atoms with Gasteiger partial charge in [0.05, 0.1) is 12.7 Å². The second-order valence-electron chi connectivity index (χ2n) is 6.05. The van der Waals surface area contributed by atoms with E-state index in [-0.39, 0.29) is 0 Å². The molecule has 2 aromatic heterocycles. The summed E-state index contributed by atoms with van der Waals surface area (Å²) in [4.78, 5) is 6.68. The first kappa shape index (κ1) is 14.2. The minimum Gasteiger partial charge on any atom is -0.382 e. The average molecular weight is 290 g/mol. The van der Waals surface area contributed by atoms with Gasteiger partial charge in [0.15, 0.2) is 0 Å². The number of nitrogens with zero attached hydrogens (tertiary/aromatic N) is 5. The number of hydrogen-bond acceptors (Lipinski definition) is 5. The lowest BCUT2D eigenvalue weighted by Crippen LogP contribution is -2.46. The van der Waals surface area contributed by atoms with Gasteiger partial charge in [-0.25, -0.2) is 4.98 Å². The standard InChI is InChI=1S/C14H22N6O/c1-11(2)20-7-5-15-13(20)9-19-6-3-4-14(21,10-19)12-8-16-18-17-12/h5,7-8,11,21H,3-4,6,9-10H2,1-2H3,(H,16,17,18). The molecular weight excluding hydrogens is 268 g/mol. The number of likely N-dealkylation sites (tertiary alicyclic amines) is 1. The van der Waals surface area contributed by atoms with E-state index in [9.17, 15) is 5.11 Å². The van der Waals surface area contributed by atoms with Gasteiger partial charge in [-0.15, -0.1) is 0 Å². The van der Waals surface area contributed by atoms with Gasteiger partial charge in [0.1, 0.15) is 17.1 Å². The highest BCUT2D eigenvalue weighted by molar-refractivity contribution is 5.09. The Labute approximate surface area is 124 Å². The molecule has 1 fully saturated rings. The molecule has 1 aliphatic rings. The summed E-state index contributed by atoms with van der Waals surface area (Å²) in [7, 11) is 0. The van der Waals surface area contributed by atoms with E-state index in [0.29, 0.717) is 24.7 Å². The van der Waals surface area contributed by atoms with Crippen LogP contribution in [-0.2, 0) is 12.1 Å². The lowest BCUT2D eigenvalue weighted by molar-refractivity contribution is -0.0423. The zero-order valence-corrected chi connectivity index (χ0v) is 12.5. The lowest BCUT2D eigenvalue weighted by atomic mass is 9.90. The Hall–Kier alpha value is -1.73. The Morgan fingerprint density at radius 2 is 2.33 bits per heavy atom. The average Bonchev–Trinajstić information content (AvgIpc) is 3.09. The predicted octanol–water partition coefficient (Wildman–Crippen LogP) is 1.07. The first-order valence-corrected chi connectivity index (χ1v) is 7.41. The SMILES string of the molecule is CC(C)n1ccnc1CN1CCCC(O)(c2cn[nH]n2)C1. The minimum atomic E-state index is -0.916. The number of hydrogen-bond donors (Lipinski definition) is 2. The molecule has 0 spiro atoms. The quantitative estimate of drug-likeness (QED) is 0.880. The monoisotopic (exact) mass is 290 g/mol. The van der Waals surface area contributed by atoms with Crippen molar-refractivity contribution in [3.8, 4) is 0 Å². The van der Waals surface area contributed by atoms with Crippen LogP contribution in [0.25, 0.3) is 0 Å². The van der Waals surface area contributed by atoms with Crippen LogP contribution in [0.2, 0.25) is 0 Å². The van der Waals surface area contributed by atoms with E-state index in [2.05, 4.69) is 43.7 Å². The summed E-state index contributed by atoms with van der Waals surface area (Å²) in [6, 6.07) is 0.390. The summed E-state index contributed by atoms with van der Waals surface area (Å²) in [5.74, 6) is 1.04. The molecule has 7 nitrogen and oxygen atoms in total. The van der Waals surface area contributed by atoms with Crippen molar-refractivity contribution in [1.29, 1.82) is 0 Å². The Morgan fingerprint density at radius 1 is 1.48 bits per heavy atom. The molecule has 0 aliphatic carbocycles. The van der Waals surface area contributed by atoms with E-state index in [1.54, 1.807) is 6.20 Å². The van der Waals surface area contributed by atoms with E-state index < -0.39 is 5.60 Å². The molecule has 1 aliphatic heterocycles. The van der Waals surface area contributed by atoms with Gasteiger partial charge in [-0.2, -0.15) is 15.4 Å². The third kappa shape index (κ3) is 2.84. The molecule has 21 heavy (non-hydrogen) atoms. The van der Waals surface area contributed by atoms with Gasteiger partial charge in [-0.1, -0.05) is 0 Å². The van der Waals surface area contributed by atoms with Crippen molar-refractivity contribution in [2.24, 2.45) is 0 Å². The van der Waals surface area contributed by atoms with E-state index >= 15 is 0 Å². The van der Waals surface area contributed by atoms with Crippen molar-refractivity contribution in [2.45, 2.75) is 44.9 Å². The maximum absolute atomic E-state index is 10.8. The fourth-order valence-corrected chi connectivity index (χ4v) is 3.03. The number of nitrogens with one attached hydrogen (secondary N) is 1. The number of aliphatic hydroxyl groups is 1. The van der Waals surface area contributed by atoms with Crippen LogP contribution in [0.5, 0.6) is 0 Å². The number of aromatic amines is 1. The number of aromatic nitrogens is 5. The third-order valence-electron chi connectivity index (χ3n) is 4.11. The minimum absolute atomic E-state index is 0.390. The maximum Gasteiger partial charge on any atom is 0.123 e. The second kappa shape index (κ2) is 5.57. The summed E-state index contributed by atoms with van der Waals surface area (Å²) in [6.07, 6.45) is 7.11. The van der Waals surface area contributed by atoms with Gasteiger partial charge >= 0.3 is 0 Å². The maximum atomic E-state index is 10.8. The number of piperidine rings is 1. The van der Waals surface area contributed by atoms with Crippen LogP contribution >= 0.6 is 0 Å². The molecule has 0 aromatic carbocycles. The zero-order chi connectivity index (χ0) is 14.9. The van der Waals surface area contributed by atoms with Crippen LogP contribution in [0.3, 0.4) is 0 Å². The molecule has 0 bridgehead atoms. The topological polar surface area (TPSA) is 82.9 Å².